The second kappa shape index (κ2) is 8.98. The van der Waals surface area contributed by atoms with Crippen LogP contribution >= 0.6 is 0 Å². The van der Waals surface area contributed by atoms with Crippen molar-refractivity contribution in [3.05, 3.63) is 85.3 Å². The van der Waals surface area contributed by atoms with Crippen LogP contribution in [0.4, 0.5) is 29.3 Å². The van der Waals surface area contributed by atoms with Gasteiger partial charge in [-0.3, -0.25) is 4.68 Å². The highest BCUT2D eigenvalue weighted by Gasteiger charge is 2.29. The Morgan fingerprint density at radius 2 is 1.63 bits per heavy atom. The summed E-state index contributed by atoms with van der Waals surface area (Å²) in [5, 5.41) is 10.5. The highest BCUT2D eigenvalue weighted by molar-refractivity contribution is 6.00. The van der Waals surface area contributed by atoms with Crippen LogP contribution in [0, 0.1) is 0 Å². The van der Waals surface area contributed by atoms with Gasteiger partial charge >= 0.3 is 12.2 Å². The van der Waals surface area contributed by atoms with Gasteiger partial charge in [0.25, 0.3) is 0 Å². The summed E-state index contributed by atoms with van der Waals surface area (Å²) in [6.07, 6.45) is 0.297. The minimum atomic E-state index is -4.41. The molecule has 10 heteroatoms. The maximum Gasteiger partial charge on any atom is 0.408 e. The lowest BCUT2D eigenvalue weighted by molar-refractivity contribution is -0.142. The van der Waals surface area contributed by atoms with E-state index in [0.717, 1.165) is 10.1 Å². The van der Waals surface area contributed by atoms with E-state index in [4.69, 9.17) is 0 Å². The molecule has 7 nitrogen and oxygen atoms in total. The van der Waals surface area contributed by atoms with Gasteiger partial charge in [-0.05, 0) is 42.0 Å². The molecule has 0 spiro atoms. The molecule has 0 atom stereocenters. The first-order valence-electron chi connectivity index (χ1n) is 10.7. The van der Waals surface area contributed by atoms with Crippen LogP contribution in [0.3, 0.4) is 0 Å². The van der Waals surface area contributed by atoms with Crippen LogP contribution in [0.5, 0.6) is 0 Å². The van der Waals surface area contributed by atoms with E-state index >= 15 is 0 Å². The fourth-order valence-electron chi connectivity index (χ4n) is 3.82. The van der Waals surface area contributed by atoms with E-state index in [1.54, 1.807) is 54.9 Å². The van der Waals surface area contributed by atoms with Crippen molar-refractivity contribution in [3.63, 3.8) is 0 Å². The molecule has 35 heavy (non-hydrogen) atoms. The Balaban J connectivity index is 1.45. The molecule has 0 bridgehead atoms. The summed E-state index contributed by atoms with van der Waals surface area (Å²) in [5.41, 5.74) is 4.05. The normalized spacial score (nSPS) is 11.5. The van der Waals surface area contributed by atoms with Crippen molar-refractivity contribution in [2.24, 2.45) is 0 Å². The van der Waals surface area contributed by atoms with E-state index < -0.39 is 18.8 Å². The van der Waals surface area contributed by atoms with Crippen LogP contribution in [0.25, 0.3) is 33.4 Å². The van der Waals surface area contributed by atoms with Crippen LogP contribution in [-0.4, -0.2) is 32.0 Å². The number of rotatable bonds is 5. The predicted octanol–water partition coefficient (Wildman–Crippen LogP) is 6.30. The summed E-state index contributed by atoms with van der Waals surface area (Å²) in [5.74, 6) is 0. The van der Waals surface area contributed by atoms with E-state index in [2.05, 4.69) is 25.7 Å². The van der Waals surface area contributed by atoms with Crippen molar-refractivity contribution in [3.8, 4) is 22.4 Å². The minimum absolute atomic E-state index is 0.392. The number of hydrogen-bond donors (Lipinski definition) is 3. The number of aromatic amines is 1. The van der Waals surface area contributed by atoms with Gasteiger partial charge in [-0.15, -0.1) is 0 Å². The van der Waals surface area contributed by atoms with E-state index in [0.29, 0.717) is 39.4 Å². The van der Waals surface area contributed by atoms with Crippen molar-refractivity contribution in [1.82, 2.24) is 19.7 Å². The molecule has 0 radical (unpaired) electrons. The molecule has 176 valence electrons. The number of anilines is 2. The topological polar surface area (TPSA) is 87.6 Å². The summed E-state index contributed by atoms with van der Waals surface area (Å²) in [6, 6.07) is 18.9. The van der Waals surface area contributed by atoms with Gasteiger partial charge in [0, 0.05) is 46.5 Å². The molecule has 0 aliphatic carbocycles. The second-order valence-corrected chi connectivity index (χ2v) is 7.83. The lowest BCUT2D eigenvalue weighted by atomic mass is 10.0. The average Bonchev–Trinajstić information content (AvgIpc) is 3.46. The molecule has 2 amide bonds. The number of aromatic nitrogens is 4. The molecule has 0 fully saturated rings. The molecule has 3 heterocycles. The quantitative estimate of drug-likeness (QED) is 0.278. The van der Waals surface area contributed by atoms with Gasteiger partial charge in [0.15, 0.2) is 0 Å². The molecular formula is C25H19F3N6O. The smallest absolute Gasteiger partial charge is 0.346 e. The van der Waals surface area contributed by atoms with Gasteiger partial charge in [-0.25, -0.2) is 9.78 Å². The zero-order chi connectivity index (χ0) is 24.4. The number of nitrogens with zero attached hydrogens (tertiary/aromatic N) is 3. The monoisotopic (exact) mass is 476 g/mol. The molecule has 3 N–H and O–H groups in total. The minimum Gasteiger partial charge on any atom is -0.346 e. The van der Waals surface area contributed by atoms with E-state index in [1.165, 1.54) is 6.20 Å². The third-order valence-electron chi connectivity index (χ3n) is 5.30. The lowest BCUT2D eigenvalue weighted by Gasteiger charge is -2.09. The maximum absolute atomic E-state index is 13.1. The number of halogens is 3. The van der Waals surface area contributed by atoms with Crippen LogP contribution in [-0.2, 0) is 6.54 Å². The van der Waals surface area contributed by atoms with Gasteiger partial charge in [-0.2, -0.15) is 18.3 Å². The first kappa shape index (κ1) is 22.2. The molecule has 2 aromatic carbocycles. The summed E-state index contributed by atoms with van der Waals surface area (Å²) >= 11 is 0. The third-order valence-corrected chi connectivity index (χ3v) is 5.30. The Kier molecular flexibility index (Phi) is 5.69. The van der Waals surface area contributed by atoms with Crippen LogP contribution in [0.15, 0.2) is 85.3 Å². The summed E-state index contributed by atoms with van der Waals surface area (Å²) in [6.45, 7) is -1.21. The van der Waals surface area contributed by atoms with Gasteiger partial charge in [0.2, 0.25) is 0 Å². The fraction of sp³-hybridized carbons (Fsp3) is 0.0800. The first-order valence-corrected chi connectivity index (χ1v) is 10.7. The molecule has 0 saturated heterocycles. The molecule has 0 unspecified atom stereocenters. The number of carbonyl (C=O) groups is 1. The molecule has 0 aliphatic heterocycles. The highest BCUT2D eigenvalue weighted by Crippen LogP contribution is 2.35. The maximum atomic E-state index is 13.1. The number of hydrogen-bond acceptors (Lipinski definition) is 3. The Labute approximate surface area is 197 Å². The molecular weight excluding hydrogens is 457 g/mol. The number of nitrogens with one attached hydrogen (secondary N) is 3. The van der Waals surface area contributed by atoms with Crippen LogP contribution < -0.4 is 10.6 Å². The number of urea groups is 1. The summed E-state index contributed by atoms with van der Waals surface area (Å²) < 4.78 is 40.2. The zero-order valence-electron chi connectivity index (χ0n) is 18.2. The number of carbonyl (C=O) groups excluding carboxylic acids is 1. The predicted molar refractivity (Wildman–Crippen MR) is 128 cm³/mol. The Morgan fingerprint density at radius 3 is 2.34 bits per heavy atom. The number of pyridine rings is 1. The number of benzene rings is 2. The highest BCUT2D eigenvalue weighted by atomic mass is 19.4. The third kappa shape index (κ3) is 5.01. The van der Waals surface area contributed by atoms with Crippen molar-refractivity contribution >= 4 is 28.4 Å². The largest absolute Gasteiger partial charge is 0.408 e. The fourth-order valence-corrected chi connectivity index (χ4v) is 3.82. The molecule has 5 rings (SSSR count). The number of amides is 2. The SMILES string of the molecule is O=C(Nc1ccccc1)Nc1ccc(-c2nn(CC(F)(F)F)cc2-c2ccnc3[nH]ccc23)cc1. The Hall–Kier alpha value is -4.60. The number of fused-ring (bicyclic) bond motifs is 1. The van der Waals surface area contributed by atoms with Crippen molar-refractivity contribution in [2.45, 2.75) is 12.7 Å². The van der Waals surface area contributed by atoms with Crippen molar-refractivity contribution < 1.29 is 18.0 Å². The van der Waals surface area contributed by atoms with Gasteiger partial charge in [-0.1, -0.05) is 30.3 Å². The van der Waals surface area contributed by atoms with E-state index in [-0.39, 0.29) is 0 Å². The molecule has 0 saturated carbocycles. The number of alkyl halides is 3. The van der Waals surface area contributed by atoms with E-state index in [1.807, 2.05) is 24.3 Å². The Morgan fingerprint density at radius 1 is 0.914 bits per heavy atom. The van der Waals surface area contributed by atoms with Crippen molar-refractivity contribution in [1.29, 1.82) is 0 Å². The van der Waals surface area contributed by atoms with Crippen LogP contribution in [0.1, 0.15) is 0 Å². The Bertz CT molecular complexity index is 1470. The van der Waals surface area contributed by atoms with Crippen LogP contribution in [0.2, 0.25) is 0 Å². The van der Waals surface area contributed by atoms with Gasteiger partial charge in [0.05, 0.1) is 0 Å². The zero-order valence-corrected chi connectivity index (χ0v) is 18.2. The standard InChI is InChI=1S/C25H19F3N6O/c26-25(27,28)15-34-14-21(19-10-12-29-23-20(19)11-13-30-23)22(33-34)16-6-8-18(9-7-16)32-24(35)31-17-4-2-1-3-5-17/h1-14H,15H2,(H,29,30)(H2,31,32,35). The van der Waals surface area contributed by atoms with E-state index in [9.17, 15) is 18.0 Å². The number of para-hydroxylation sites is 1. The molecule has 0 aliphatic rings. The molecule has 5 aromatic rings. The van der Waals surface area contributed by atoms with Gasteiger partial charge in [0.1, 0.15) is 17.9 Å². The average molecular weight is 476 g/mol. The lowest BCUT2D eigenvalue weighted by Crippen LogP contribution is -2.19. The van der Waals surface area contributed by atoms with Gasteiger partial charge < -0.3 is 15.6 Å². The second-order valence-electron chi connectivity index (χ2n) is 7.83. The summed E-state index contributed by atoms with van der Waals surface area (Å²) in [4.78, 5) is 19.5. The number of H-pyrrole nitrogens is 1. The van der Waals surface area contributed by atoms with Crippen molar-refractivity contribution in [2.75, 3.05) is 10.6 Å². The summed E-state index contributed by atoms with van der Waals surface area (Å²) in [7, 11) is 0. The molecule has 3 aromatic heterocycles. The first-order chi connectivity index (χ1) is 16.9.